The summed E-state index contributed by atoms with van der Waals surface area (Å²) in [5.74, 6) is 0.403. The molecule has 0 amide bonds. The van der Waals surface area contributed by atoms with Crippen LogP contribution in [0.1, 0.15) is 13.8 Å². The van der Waals surface area contributed by atoms with Gasteiger partial charge in [0, 0.05) is 13.1 Å². The first-order chi connectivity index (χ1) is 5.75. The number of rotatable bonds is 3. The number of hydrogen-bond donors (Lipinski definition) is 0. The van der Waals surface area contributed by atoms with E-state index >= 15 is 0 Å². The first kappa shape index (κ1) is 9.68. The maximum atomic E-state index is 10.8. The second-order valence-electron chi connectivity index (χ2n) is 3.52. The molecule has 3 nitrogen and oxygen atoms in total. The molecule has 0 bridgehead atoms. The minimum atomic E-state index is 0.0777. The van der Waals surface area contributed by atoms with E-state index in [1.54, 1.807) is 0 Å². The van der Waals surface area contributed by atoms with Gasteiger partial charge >= 0.3 is 0 Å². The number of hydrogen-bond acceptors (Lipinski definition) is 3. The van der Waals surface area contributed by atoms with Gasteiger partial charge in [0.25, 0.3) is 0 Å². The van der Waals surface area contributed by atoms with Crippen molar-refractivity contribution in [2.45, 2.75) is 19.9 Å². The third kappa shape index (κ3) is 2.29. The summed E-state index contributed by atoms with van der Waals surface area (Å²) in [7, 11) is 0. The largest absolute Gasteiger partial charge is 0.379 e. The molecule has 1 fully saturated rings. The highest BCUT2D eigenvalue weighted by molar-refractivity contribution is 5.58. The molecular formula is C9H17NO2. The summed E-state index contributed by atoms with van der Waals surface area (Å²) in [5, 5.41) is 0. The van der Waals surface area contributed by atoms with E-state index in [0.717, 1.165) is 32.6 Å². The lowest BCUT2D eigenvalue weighted by molar-refractivity contribution is -0.115. The van der Waals surface area contributed by atoms with Gasteiger partial charge in [0.1, 0.15) is 6.29 Å². The fraction of sp³-hybridized carbons (Fsp3) is 0.889. The molecule has 3 heteroatoms. The van der Waals surface area contributed by atoms with Gasteiger partial charge in [0.15, 0.2) is 0 Å². The highest BCUT2D eigenvalue weighted by Gasteiger charge is 2.22. The first-order valence-corrected chi connectivity index (χ1v) is 4.53. The van der Waals surface area contributed by atoms with Crippen molar-refractivity contribution in [2.75, 3.05) is 26.3 Å². The van der Waals surface area contributed by atoms with Crippen LogP contribution in [0.2, 0.25) is 0 Å². The maximum absolute atomic E-state index is 10.8. The molecule has 0 aromatic carbocycles. The Kier molecular flexibility index (Phi) is 3.69. The summed E-state index contributed by atoms with van der Waals surface area (Å²) in [6, 6.07) is 0.0777. The lowest BCUT2D eigenvalue weighted by Gasteiger charge is -2.33. The predicted molar refractivity (Wildman–Crippen MR) is 47.1 cm³/mol. The number of carbonyl (C=O) groups is 1. The first-order valence-electron chi connectivity index (χ1n) is 4.53. The van der Waals surface area contributed by atoms with Crippen LogP contribution in [0, 0.1) is 5.92 Å². The Hall–Kier alpha value is -0.410. The lowest BCUT2D eigenvalue weighted by atomic mass is 10.0. The van der Waals surface area contributed by atoms with Crippen LogP contribution in [0.3, 0.4) is 0 Å². The van der Waals surface area contributed by atoms with Crippen molar-refractivity contribution in [1.29, 1.82) is 0 Å². The molecule has 1 aliphatic heterocycles. The Morgan fingerprint density at radius 3 is 2.33 bits per heavy atom. The highest BCUT2D eigenvalue weighted by atomic mass is 16.5. The zero-order valence-electron chi connectivity index (χ0n) is 7.82. The van der Waals surface area contributed by atoms with Gasteiger partial charge in [-0.15, -0.1) is 0 Å². The van der Waals surface area contributed by atoms with Crippen molar-refractivity contribution in [1.82, 2.24) is 4.90 Å². The highest BCUT2D eigenvalue weighted by Crippen LogP contribution is 2.10. The Bertz CT molecular complexity index is 141. The number of nitrogens with zero attached hydrogens (tertiary/aromatic N) is 1. The van der Waals surface area contributed by atoms with Crippen LogP contribution in [0.4, 0.5) is 0 Å². The number of carbonyl (C=O) groups excluding carboxylic acids is 1. The van der Waals surface area contributed by atoms with Crippen molar-refractivity contribution in [2.24, 2.45) is 5.92 Å². The van der Waals surface area contributed by atoms with Gasteiger partial charge in [-0.3, -0.25) is 4.90 Å². The molecule has 0 aliphatic carbocycles. The fourth-order valence-electron chi connectivity index (χ4n) is 1.54. The third-order valence-corrected chi connectivity index (χ3v) is 2.29. The van der Waals surface area contributed by atoms with Gasteiger partial charge in [0.05, 0.1) is 19.3 Å². The molecule has 1 aliphatic rings. The minimum Gasteiger partial charge on any atom is -0.379 e. The van der Waals surface area contributed by atoms with E-state index in [4.69, 9.17) is 4.74 Å². The van der Waals surface area contributed by atoms with Crippen LogP contribution >= 0.6 is 0 Å². The normalized spacial score (nSPS) is 22.6. The molecule has 1 heterocycles. The second-order valence-corrected chi connectivity index (χ2v) is 3.52. The molecular weight excluding hydrogens is 154 g/mol. The second kappa shape index (κ2) is 4.58. The van der Waals surface area contributed by atoms with Gasteiger partial charge in [-0.1, -0.05) is 13.8 Å². The SMILES string of the molecule is CC(C)C(C=O)N1CCOCC1. The molecule has 0 aromatic rings. The van der Waals surface area contributed by atoms with E-state index in [1.807, 2.05) is 0 Å². The summed E-state index contributed by atoms with van der Waals surface area (Å²) in [5.41, 5.74) is 0. The van der Waals surface area contributed by atoms with E-state index < -0.39 is 0 Å². The molecule has 0 N–H and O–H groups in total. The zero-order valence-corrected chi connectivity index (χ0v) is 7.82. The molecule has 0 saturated carbocycles. The van der Waals surface area contributed by atoms with Crippen molar-refractivity contribution in [3.05, 3.63) is 0 Å². The topological polar surface area (TPSA) is 29.5 Å². The maximum Gasteiger partial charge on any atom is 0.137 e. The average molecular weight is 171 g/mol. The average Bonchev–Trinajstić information content (AvgIpc) is 2.07. The quantitative estimate of drug-likeness (QED) is 0.580. The molecule has 1 atom stereocenters. The van der Waals surface area contributed by atoms with Crippen LogP contribution in [0.25, 0.3) is 0 Å². The van der Waals surface area contributed by atoms with Crippen LogP contribution in [-0.2, 0) is 9.53 Å². The summed E-state index contributed by atoms with van der Waals surface area (Å²) in [6.07, 6.45) is 1.05. The summed E-state index contributed by atoms with van der Waals surface area (Å²) in [6.45, 7) is 7.46. The Balaban J connectivity index is 2.45. The molecule has 1 saturated heterocycles. The molecule has 0 radical (unpaired) electrons. The number of morpholine rings is 1. The van der Waals surface area contributed by atoms with Crippen LogP contribution < -0.4 is 0 Å². The Labute approximate surface area is 73.7 Å². The van der Waals surface area contributed by atoms with Gasteiger partial charge in [0.2, 0.25) is 0 Å². The van der Waals surface area contributed by atoms with E-state index in [2.05, 4.69) is 18.7 Å². The van der Waals surface area contributed by atoms with E-state index in [9.17, 15) is 4.79 Å². The number of aldehydes is 1. The van der Waals surface area contributed by atoms with Crippen LogP contribution in [0.15, 0.2) is 0 Å². The zero-order chi connectivity index (χ0) is 8.97. The Morgan fingerprint density at radius 1 is 1.33 bits per heavy atom. The summed E-state index contributed by atoms with van der Waals surface area (Å²) >= 11 is 0. The van der Waals surface area contributed by atoms with E-state index in [1.165, 1.54) is 0 Å². The lowest BCUT2D eigenvalue weighted by Crippen LogP contribution is -2.46. The van der Waals surface area contributed by atoms with Gasteiger partial charge in [-0.25, -0.2) is 0 Å². The number of ether oxygens (including phenoxy) is 1. The van der Waals surface area contributed by atoms with Gasteiger partial charge in [-0.05, 0) is 5.92 Å². The summed E-state index contributed by atoms with van der Waals surface area (Å²) in [4.78, 5) is 13.0. The van der Waals surface area contributed by atoms with Crippen molar-refractivity contribution in [3.8, 4) is 0 Å². The van der Waals surface area contributed by atoms with Crippen molar-refractivity contribution >= 4 is 6.29 Å². The molecule has 1 rings (SSSR count). The van der Waals surface area contributed by atoms with E-state index in [0.29, 0.717) is 5.92 Å². The molecule has 0 spiro atoms. The smallest absolute Gasteiger partial charge is 0.137 e. The van der Waals surface area contributed by atoms with Gasteiger partial charge < -0.3 is 9.53 Å². The van der Waals surface area contributed by atoms with Crippen LogP contribution in [0.5, 0.6) is 0 Å². The van der Waals surface area contributed by atoms with E-state index in [-0.39, 0.29) is 6.04 Å². The monoisotopic (exact) mass is 171 g/mol. The molecule has 70 valence electrons. The molecule has 12 heavy (non-hydrogen) atoms. The predicted octanol–water partition coefficient (Wildman–Crippen LogP) is 0.542. The van der Waals surface area contributed by atoms with Crippen molar-refractivity contribution < 1.29 is 9.53 Å². The van der Waals surface area contributed by atoms with Crippen LogP contribution in [-0.4, -0.2) is 43.5 Å². The standard InChI is InChI=1S/C9H17NO2/c1-8(2)9(7-11)10-3-5-12-6-4-10/h7-9H,3-6H2,1-2H3. The molecule has 0 aromatic heterocycles. The minimum absolute atomic E-state index is 0.0777. The van der Waals surface area contributed by atoms with Gasteiger partial charge in [-0.2, -0.15) is 0 Å². The fourth-order valence-corrected chi connectivity index (χ4v) is 1.54. The summed E-state index contributed by atoms with van der Waals surface area (Å²) < 4.78 is 5.22. The van der Waals surface area contributed by atoms with Crippen molar-refractivity contribution in [3.63, 3.8) is 0 Å². The third-order valence-electron chi connectivity index (χ3n) is 2.29. The Morgan fingerprint density at radius 2 is 1.92 bits per heavy atom. The molecule has 1 unspecified atom stereocenters.